The lowest BCUT2D eigenvalue weighted by Gasteiger charge is -2.08. The first kappa shape index (κ1) is 14.0. The van der Waals surface area contributed by atoms with E-state index in [-0.39, 0.29) is 11.4 Å². The van der Waals surface area contributed by atoms with E-state index in [9.17, 15) is 8.42 Å². The molecule has 4 N–H and O–H groups in total. The molecule has 0 atom stereocenters. The largest absolute Gasteiger partial charge is 0.399 e. The van der Waals surface area contributed by atoms with Gasteiger partial charge in [-0.1, -0.05) is 0 Å². The van der Waals surface area contributed by atoms with Crippen molar-refractivity contribution in [3.05, 3.63) is 34.8 Å². The summed E-state index contributed by atoms with van der Waals surface area (Å²) in [4.78, 5) is 4.03. The number of sulfonamides is 1. The minimum atomic E-state index is -3.61. The summed E-state index contributed by atoms with van der Waals surface area (Å²) in [5.74, 6) is 0.620. The summed E-state index contributed by atoms with van der Waals surface area (Å²) in [7, 11) is -3.61. The molecule has 0 aliphatic heterocycles. The van der Waals surface area contributed by atoms with Crippen LogP contribution in [0.3, 0.4) is 0 Å². The van der Waals surface area contributed by atoms with E-state index in [0.29, 0.717) is 22.4 Å². The maximum atomic E-state index is 12.1. The Bertz CT molecular complexity index is 657. The summed E-state index contributed by atoms with van der Waals surface area (Å²) in [6.07, 6.45) is 1.80. The number of anilines is 1. The number of nitrogens with zero attached hydrogens (tertiary/aromatic N) is 2. The predicted octanol–water partition coefficient (Wildman–Crippen LogP) is 0.670. The number of benzene rings is 1. The first-order valence-electron chi connectivity index (χ1n) is 5.38. The summed E-state index contributed by atoms with van der Waals surface area (Å²) in [6.45, 7) is 0.221. The molecule has 0 spiro atoms. The number of aromatic amines is 1. The molecule has 7 nitrogen and oxygen atoms in total. The van der Waals surface area contributed by atoms with Gasteiger partial charge in [0, 0.05) is 23.1 Å². The molecule has 0 fully saturated rings. The van der Waals surface area contributed by atoms with Crippen molar-refractivity contribution in [2.24, 2.45) is 0 Å². The highest BCUT2D eigenvalue weighted by Gasteiger charge is 2.17. The van der Waals surface area contributed by atoms with Crippen molar-refractivity contribution in [2.75, 3.05) is 12.3 Å². The Morgan fingerprint density at radius 2 is 2.21 bits per heavy atom. The second-order valence-electron chi connectivity index (χ2n) is 3.77. The van der Waals surface area contributed by atoms with Crippen LogP contribution in [0.15, 0.2) is 33.9 Å². The van der Waals surface area contributed by atoms with Gasteiger partial charge in [-0.25, -0.2) is 18.1 Å². The first-order chi connectivity index (χ1) is 8.99. The fourth-order valence-electron chi connectivity index (χ4n) is 1.46. The normalized spacial score (nSPS) is 11.6. The molecule has 0 aliphatic carbocycles. The van der Waals surface area contributed by atoms with Gasteiger partial charge >= 0.3 is 0 Å². The Morgan fingerprint density at radius 1 is 1.42 bits per heavy atom. The summed E-state index contributed by atoms with van der Waals surface area (Å²) >= 11 is 3.19. The molecule has 0 aliphatic rings. The number of nitrogens with two attached hydrogens (primary N) is 1. The number of nitrogens with one attached hydrogen (secondary N) is 2. The Balaban J connectivity index is 2.07. The third-order valence-corrected chi connectivity index (χ3v) is 4.82. The smallest absolute Gasteiger partial charge is 0.241 e. The van der Waals surface area contributed by atoms with Crippen LogP contribution in [0, 0.1) is 0 Å². The third-order valence-electron chi connectivity index (χ3n) is 2.36. The minimum absolute atomic E-state index is 0.116. The average molecular weight is 346 g/mol. The van der Waals surface area contributed by atoms with Crippen LogP contribution in [-0.2, 0) is 16.4 Å². The number of H-pyrrole nitrogens is 1. The summed E-state index contributed by atoms with van der Waals surface area (Å²) in [5.41, 5.74) is 5.98. The summed E-state index contributed by atoms with van der Waals surface area (Å²) in [6, 6.07) is 4.62. The standard InChI is InChI=1S/C10H12BrN5O2S/c11-8-2-1-7(12)5-9(8)19(17,18)15-4-3-10-13-6-14-16-10/h1-2,5-6,15H,3-4,12H2,(H,13,14,16). The highest BCUT2D eigenvalue weighted by Crippen LogP contribution is 2.23. The van der Waals surface area contributed by atoms with E-state index in [1.807, 2.05) is 0 Å². The SMILES string of the molecule is Nc1ccc(Br)c(S(=O)(=O)NCCc2ncn[nH]2)c1. The monoisotopic (exact) mass is 345 g/mol. The Labute approximate surface area is 118 Å². The lowest BCUT2D eigenvalue weighted by molar-refractivity contribution is 0.580. The van der Waals surface area contributed by atoms with E-state index in [2.05, 4.69) is 35.8 Å². The number of aromatic nitrogens is 3. The zero-order chi connectivity index (χ0) is 13.9. The Morgan fingerprint density at radius 3 is 2.89 bits per heavy atom. The molecule has 0 radical (unpaired) electrons. The second kappa shape index (κ2) is 5.68. The second-order valence-corrected chi connectivity index (χ2v) is 6.36. The molecule has 1 aromatic heterocycles. The molecule has 1 aromatic carbocycles. The van der Waals surface area contributed by atoms with E-state index in [0.717, 1.165) is 0 Å². The minimum Gasteiger partial charge on any atom is -0.399 e. The summed E-state index contributed by atoms with van der Waals surface area (Å²) in [5, 5.41) is 6.34. The van der Waals surface area contributed by atoms with Crippen LogP contribution < -0.4 is 10.5 Å². The molecule has 19 heavy (non-hydrogen) atoms. The number of nitrogen functional groups attached to an aromatic ring is 1. The predicted molar refractivity (Wildman–Crippen MR) is 73.8 cm³/mol. The van der Waals surface area contributed by atoms with Gasteiger partial charge in [-0.05, 0) is 34.1 Å². The number of hydrogen-bond donors (Lipinski definition) is 3. The van der Waals surface area contributed by atoms with Crippen molar-refractivity contribution in [2.45, 2.75) is 11.3 Å². The van der Waals surface area contributed by atoms with Gasteiger partial charge in [0.25, 0.3) is 0 Å². The van der Waals surface area contributed by atoms with Gasteiger partial charge in [0.15, 0.2) is 0 Å². The van der Waals surface area contributed by atoms with Crippen molar-refractivity contribution in [3.63, 3.8) is 0 Å². The van der Waals surface area contributed by atoms with Gasteiger partial charge < -0.3 is 5.73 Å². The van der Waals surface area contributed by atoms with E-state index in [1.54, 1.807) is 12.1 Å². The average Bonchev–Trinajstić information content (AvgIpc) is 2.85. The Hall–Kier alpha value is -1.45. The molecule has 9 heteroatoms. The molecule has 0 bridgehead atoms. The maximum absolute atomic E-state index is 12.1. The van der Waals surface area contributed by atoms with E-state index < -0.39 is 10.0 Å². The van der Waals surface area contributed by atoms with Crippen LogP contribution in [0.5, 0.6) is 0 Å². The quantitative estimate of drug-likeness (QED) is 0.689. The molecule has 0 amide bonds. The third kappa shape index (κ3) is 3.52. The molecule has 2 rings (SSSR count). The van der Waals surface area contributed by atoms with Crippen LogP contribution in [0.2, 0.25) is 0 Å². The first-order valence-corrected chi connectivity index (χ1v) is 7.65. The van der Waals surface area contributed by atoms with Crippen LogP contribution in [-0.4, -0.2) is 30.1 Å². The van der Waals surface area contributed by atoms with Crippen LogP contribution in [0.25, 0.3) is 0 Å². The van der Waals surface area contributed by atoms with E-state index in [1.165, 1.54) is 12.4 Å². The maximum Gasteiger partial charge on any atom is 0.241 e. The molecule has 0 saturated carbocycles. The molecule has 0 saturated heterocycles. The zero-order valence-corrected chi connectivity index (χ0v) is 12.2. The lowest BCUT2D eigenvalue weighted by Crippen LogP contribution is -2.26. The van der Waals surface area contributed by atoms with Crippen LogP contribution >= 0.6 is 15.9 Å². The van der Waals surface area contributed by atoms with Crippen molar-refractivity contribution in [1.82, 2.24) is 19.9 Å². The van der Waals surface area contributed by atoms with Gasteiger partial charge in [0.1, 0.15) is 12.2 Å². The van der Waals surface area contributed by atoms with Gasteiger partial charge in [-0.2, -0.15) is 5.10 Å². The van der Waals surface area contributed by atoms with Crippen molar-refractivity contribution in [1.29, 1.82) is 0 Å². The van der Waals surface area contributed by atoms with E-state index >= 15 is 0 Å². The number of rotatable bonds is 5. The number of halogens is 1. The Kier molecular flexibility index (Phi) is 4.17. The van der Waals surface area contributed by atoms with Gasteiger partial charge in [-0.3, -0.25) is 5.10 Å². The number of hydrogen-bond acceptors (Lipinski definition) is 5. The molecule has 102 valence electrons. The molecule has 2 aromatic rings. The van der Waals surface area contributed by atoms with Crippen LogP contribution in [0.1, 0.15) is 5.82 Å². The van der Waals surface area contributed by atoms with Crippen molar-refractivity contribution >= 4 is 31.6 Å². The van der Waals surface area contributed by atoms with E-state index in [4.69, 9.17) is 5.73 Å². The lowest BCUT2D eigenvalue weighted by atomic mass is 10.3. The van der Waals surface area contributed by atoms with Crippen molar-refractivity contribution in [3.8, 4) is 0 Å². The highest BCUT2D eigenvalue weighted by molar-refractivity contribution is 9.10. The fourth-order valence-corrected chi connectivity index (χ4v) is 3.49. The van der Waals surface area contributed by atoms with Gasteiger partial charge in [-0.15, -0.1) is 0 Å². The molecular weight excluding hydrogens is 334 g/mol. The zero-order valence-electron chi connectivity index (χ0n) is 9.80. The summed E-state index contributed by atoms with van der Waals surface area (Å²) < 4.78 is 27.1. The molecular formula is C10H12BrN5O2S. The van der Waals surface area contributed by atoms with Gasteiger partial charge in [0.05, 0.1) is 4.90 Å². The van der Waals surface area contributed by atoms with Crippen LogP contribution in [0.4, 0.5) is 5.69 Å². The van der Waals surface area contributed by atoms with Gasteiger partial charge in [0.2, 0.25) is 10.0 Å². The molecule has 1 heterocycles. The van der Waals surface area contributed by atoms with Crippen molar-refractivity contribution < 1.29 is 8.42 Å². The molecule has 0 unspecified atom stereocenters. The topological polar surface area (TPSA) is 114 Å². The highest BCUT2D eigenvalue weighted by atomic mass is 79.9. The fraction of sp³-hybridized carbons (Fsp3) is 0.200.